The van der Waals surface area contributed by atoms with Crippen LogP contribution in [0.25, 0.3) is 5.57 Å². The van der Waals surface area contributed by atoms with Gasteiger partial charge in [-0.15, -0.1) is 0 Å². The number of alkyl halides is 3. The Balaban J connectivity index is 2.44. The van der Waals surface area contributed by atoms with Crippen LogP contribution in [0.1, 0.15) is 30.7 Å². The molecule has 0 N–H and O–H groups in total. The van der Waals surface area contributed by atoms with Crippen molar-refractivity contribution < 1.29 is 13.2 Å². The van der Waals surface area contributed by atoms with Crippen LogP contribution < -0.4 is 0 Å². The van der Waals surface area contributed by atoms with Crippen molar-refractivity contribution in [3.05, 3.63) is 34.1 Å². The summed E-state index contributed by atoms with van der Waals surface area (Å²) in [7, 11) is 0. The summed E-state index contributed by atoms with van der Waals surface area (Å²) in [6, 6.07) is 2.40. The summed E-state index contributed by atoms with van der Waals surface area (Å²) in [5.41, 5.74) is 0.490. The number of nitrogens with zero attached hydrogens (tertiary/aromatic N) is 1. The number of pyridine rings is 1. The molecule has 0 unspecified atom stereocenters. The molecule has 0 aromatic carbocycles. The highest BCUT2D eigenvalue weighted by Crippen LogP contribution is 2.34. The summed E-state index contributed by atoms with van der Waals surface area (Å²) in [5.74, 6) is 0. The van der Waals surface area contributed by atoms with E-state index in [0.717, 1.165) is 30.9 Å². The van der Waals surface area contributed by atoms with Crippen LogP contribution in [0.3, 0.4) is 0 Å². The Kier molecular flexibility index (Phi) is 3.06. The highest BCUT2D eigenvalue weighted by Gasteiger charge is 2.33. The fourth-order valence-corrected chi connectivity index (χ4v) is 2.19. The molecule has 16 heavy (non-hydrogen) atoms. The van der Waals surface area contributed by atoms with Gasteiger partial charge in [-0.2, -0.15) is 13.2 Å². The van der Waals surface area contributed by atoms with Crippen LogP contribution in [0, 0.1) is 0 Å². The minimum atomic E-state index is -4.38. The standard InChI is InChI=1S/C11H9BrF3N/c12-8-5-6-9(11(13,14)15)16-10(8)7-3-1-2-4-7/h3,5-6H,1-2,4H2. The van der Waals surface area contributed by atoms with Gasteiger partial charge in [-0.3, -0.25) is 0 Å². The average molecular weight is 292 g/mol. The van der Waals surface area contributed by atoms with E-state index in [1.165, 1.54) is 6.07 Å². The maximum Gasteiger partial charge on any atom is 0.433 e. The lowest BCUT2D eigenvalue weighted by molar-refractivity contribution is -0.141. The summed E-state index contributed by atoms with van der Waals surface area (Å²) < 4.78 is 38.1. The maximum absolute atomic E-state index is 12.5. The van der Waals surface area contributed by atoms with Crippen molar-refractivity contribution in [2.45, 2.75) is 25.4 Å². The van der Waals surface area contributed by atoms with E-state index in [1.807, 2.05) is 6.08 Å². The summed E-state index contributed by atoms with van der Waals surface area (Å²) in [6.07, 6.45) is 0.272. The highest BCUT2D eigenvalue weighted by molar-refractivity contribution is 9.10. The third-order valence-electron chi connectivity index (χ3n) is 2.48. The molecule has 0 radical (unpaired) electrons. The number of hydrogen-bond acceptors (Lipinski definition) is 1. The van der Waals surface area contributed by atoms with Gasteiger partial charge in [0.05, 0.1) is 5.69 Å². The zero-order chi connectivity index (χ0) is 11.8. The largest absolute Gasteiger partial charge is 0.433 e. The SMILES string of the molecule is FC(F)(F)c1ccc(Br)c(C2=CCCC2)n1. The topological polar surface area (TPSA) is 12.9 Å². The molecule has 1 aliphatic rings. The molecular formula is C11H9BrF3N. The van der Waals surface area contributed by atoms with Gasteiger partial charge >= 0.3 is 6.18 Å². The van der Waals surface area contributed by atoms with Gasteiger partial charge in [-0.1, -0.05) is 6.08 Å². The van der Waals surface area contributed by atoms with Crippen LogP contribution in [0.4, 0.5) is 13.2 Å². The Morgan fingerprint density at radius 1 is 1.25 bits per heavy atom. The summed E-state index contributed by atoms with van der Waals surface area (Å²) in [5, 5.41) is 0. The molecule has 1 aliphatic carbocycles. The van der Waals surface area contributed by atoms with Crippen LogP contribution >= 0.6 is 15.9 Å². The predicted octanol–water partition coefficient (Wildman–Crippen LogP) is 4.43. The molecule has 0 aliphatic heterocycles. The van der Waals surface area contributed by atoms with Crippen molar-refractivity contribution in [2.75, 3.05) is 0 Å². The molecule has 2 rings (SSSR count). The quantitative estimate of drug-likeness (QED) is 0.746. The normalized spacial score (nSPS) is 16.4. The Morgan fingerprint density at radius 3 is 2.56 bits per heavy atom. The zero-order valence-electron chi connectivity index (χ0n) is 8.31. The second-order valence-electron chi connectivity index (χ2n) is 3.65. The lowest BCUT2D eigenvalue weighted by Gasteiger charge is -2.10. The number of halogens is 4. The van der Waals surface area contributed by atoms with Gasteiger partial charge in [0.25, 0.3) is 0 Å². The Bertz CT molecular complexity index is 437. The van der Waals surface area contributed by atoms with E-state index in [-0.39, 0.29) is 0 Å². The molecule has 0 atom stereocenters. The number of rotatable bonds is 1. The minimum Gasteiger partial charge on any atom is -0.242 e. The first kappa shape index (κ1) is 11.6. The predicted molar refractivity (Wildman–Crippen MR) is 58.8 cm³/mol. The second kappa shape index (κ2) is 4.20. The molecule has 0 saturated carbocycles. The van der Waals surface area contributed by atoms with Gasteiger partial charge in [-0.05, 0) is 52.9 Å². The van der Waals surface area contributed by atoms with E-state index in [4.69, 9.17) is 0 Å². The molecule has 0 bridgehead atoms. The zero-order valence-corrected chi connectivity index (χ0v) is 9.90. The first-order valence-electron chi connectivity index (χ1n) is 4.91. The molecule has 0 fully saturated rings. The van der Waals surface area contributed by atoms with Crippen molar-refractivity contribution in [2.24, 2.45) is 0 Å². The van der Waals surface area contributed by atoms with E-state index in [9.17, 15) is 13.2 Å². The fraction of sp³-hybridized carbons (Fsp3) is 0.364. The van der Waals surface area contributed by atoms with Crippen molar-refractivity contribution in [1.29, 1.82) is 0 Å². The molecule has 5 heteroatoms. The van der Waals surface area contributed by atoms with Gasteiger partial charge in [-0.25, -0.2) is 4.98 Å². The summed E-state index contributed by atoms with van der Waals surface area (Å²) in [4.78, 5) is 3.69. The van der Waals surface area contributed by atoms with Crippen LogP contribution in [0.5, 0.6) is 0 Å². The van der Waals surface area contributed by atoms with Gasteiger partial charge in [0.1, 0.15) is 5.69 Å². The first-order valence-corrected chi connectivity index (χ1v) is 5.71. The minimum absolute atomic E-state index is 0.423. The maximum atomic E-state index is 12.5. The van der Waals surface area contributed by atoms with Crippen molar-refractivity contribution in [3.63, 3.8) is 0 Å². The molecule has 0 spiro atoms. The second-order valence-corrected chi connectivity index (χ2v) is 4.50. The monoisotopic (exact) mass is 291 g/mol. The molecule has 0 amide bonds. The Hall–Kier alpha value is -0.840. The molecule has 1 aromatic rings. The highest BCUT2D eigenvalue weighted by atomic mass is 79.9. The van der Waals surface area contributed by atoms with E-state index >= 15 is 0 Å². The van der Waals surface area contributed by atoms with E-state index in [0.29, 0.717) is 10.2 Å². The third-order valence-corrected chi connectivity index (χ3v) is 3.12. The smallest absolute Gasteiger partial charge is 0.242 e. The van der Waals surface area contributed by atoms with Crippen molar-refractivity contribution in [1.82, 2.24) is 4.98 Å². The molecule has 1 aromatic heterocycles. The van der Waals surface area contributed by atoms with E-state index < -0.39 is 11.9 Å². The summed E-state index contributed by atoms with van der Waals surface area (Å²) >= 11 is 3.24. The Labute approximate surface area is 99.5 Å². The number of aromatic nitrogens is 1. The van der Waals surface area contributed by atoms with Gasteiger partial charge in [0.2, 0.25) is 0 Å². The number of allylic oxidation sites excluding steroid dienone is 2. The summed E-state index contributed by atoms with van der Waals surface area (Å²) in [6.45, 7) is 0. The van der Waals surface area contributed by atoms with E-state index in [2.05, 4.69) is 20.9 Å². The number of hydrogen-bond donors (Lipinski definition) is 0. The lowest BCUT2D eigenvalue weighted by Crippen LogP contribution is -2.09. The fourth-order valence-electron chi connectivity index (χ4n) is 1.71. The third kappa shape index (κ3) is 2.29. The van der Waals surface area contributed by atoms with E-state index in [1.54, 1.807) is 0 Å². The van der Waals surface area contributed by atoms with Crippen LogP contribution in [0.2, 0.25) is 0 Å². The Morgan fingerprint density at radius 2 is 2.00 bits per heavy atom. The lowest BCUT2D eigenvalue weighted by atomic mass is 10.1. The average Bonchev–Trinajstić information content (AvgIpc) is 2.69. The van der Waals surface area contributed by atoms with Crippen LogP contribution in [0.15, 0.2) is 22.7 Å². The van der Waals surface area contributed by atoms with Gasteiger partial charge in [0, 0.05) is 4.47 Å². The van der Waals surface area contributed by atoms with Crippen molar-refractivity contribution >= 4 is 21.5 Å². The van der Waals surface area contributed by atoms with Crippen LogP contribution in [-0.4, -0.2) is 4.98 Å². The van der Waals surface area contributed by atoms with Crippen LogP contribution in [-0.2, 0) is 6.18 Å². The molecular weight excluding hydrogens is 283 g/mol. The molecule has 1 heterocycles. The van der Waals surface area contributed by atoms with Gasteiger partial charge in [0.15, 0.2) is 0 Å². The van der Waals surface area contributed by atoms with Crippen molar-refractivity contribution in [3.8, 4) is 0 Å². The molecule has 1 nitrogen and oxygen atoms in total. The first-order chi connectivity index (χ1) is 7.48. The van der Waals surface area contributed by atoms with Gasteiger partial charge < -0.3 is 0 Å². The molecule has 0 saturated heterocycles. The molecule has 86 valence electrons.